The van der Waals surface area contributed by atoms with E-state index in [9.17, 15) is 25.9 Å². The second kappa shape index (κ2) is 15.1. The first-order valence-electron chi connectivity index (χ1n) is 16.0. The molecular weight excluding hydrogens is 679 g/mol. The van der Waals surface area contributed by atoms with Gasteiger partial charge in [-0.3, -0.25) is 4.55 Å². The van der Waals surface area contributed by atoms with Crippen LogP contribution < -0.4 is 4.90 Å². The third kappa shape index (κ3) is 8.46. The molecule has 0 fully saturated rings. The summed E-state index contributed by atoms with van der Waals surface area (Å²) in [6.45, 7) is 9.46. The van der Waals surface area contributed by atoms with Crippen LogP contribution in [0.3, 0.4) is 0 Å². The summed E-state index contributed by atoms with van der Waals surface area (Å²) in [6.07, 6.45) is 11.4. The zero-order chi connectivity index (χ0) is 34.2. The number of rotatable bonds is 11. The Labute approximate surface area is 312 Å². The number of hydrogen-bond acceptors (Lipinski definition) is 6. The Morgan fingerprint density at radius 3 is 2.25 bits per heavy atom. The van der Waals surface area contributed by atoms with Crippen LogP contribution >= 0.6 is 11.6 Å². The summed E-state index contributed by atoms with van der Waals surface area (Å²) >= 11 is 7.08. The van der Waals surface area contributed by atoms with E-state index in [4.69, 9.17) is 11.6 Å². The molecule has 0 saturated carbocycles. The van der Waals surface area contributed by atoms with Crippen molar-refractivity contribution in [2.45, 2.75) is 70.6 Å². The van der Waals surface area contributed by atoms with Crippen LogP contribution in [0.1, 0.15) is 70.9 Å². The van der Waals surface area contributed by atoms with Crippen molar-refractivity contribution in [3.8, 4) is 0 Å². The first-order valence-corrected chi connectivity index (χ1v) is 19.6. The quantitative estimate of drug-likeness (QED) is 0.155. The molecule has 0 saturated heterocycles. The first-order chi connectivity index (χ1) is 22.0. The second-order valence-corrected chi connectivity index (χ2v) is 17.0. The molecule has 5 rings (SSSR count). The van der Waals surface area contributed by atoms with Gasteiger partial charge in [-0.05, 0) is 68.4 Å². The summed E-state index contributed by atoms with van der Waals surface area (Å²) in [5.74, 6) is -0.718. The molecule has 1 aliphatic carbocycles. The topological polar surface area (TPSA) is 118 Å². The van der Waals surface area contributed by atoms with Gasteiger partial charge in [0.05, 0.1) is 21.3 Å². The van der Waals surface area contributed by atoms with Crippen LogP contribution in [0.2, 0.25) is 0 Å². The van der Waals surface area contributed by atoms with E-state index in [0.29, 0.717) is 18.1 Å². The SMILES string of the molecule is CC1(C)C(=CC=C2CCCC(C=CC3=[N+](CCCS(=O)(=O)[O-])c4ccccc4C3(C)C)=C2Cl)N(CCCS(=O)(=O)O)c2ccccc21.[Na]. The number of anilines is 1. The Balaban J connectivity index is 0.00000520. The number of allylic oxidation sites excluding steroid dienone is 8. The Bertz CT molecular complexity index is 1940. The van der Waals surface area contributed by atoms with Crippen molar-refractivity contribution in [2.75, 3.05) is 29.5 Å². The van der Waals surface area contributed by atoms with Crippen LogP contribution in [0.5, 0.6) is 0 Å². The molecular formula is C36H43ClN2NaO6S2. The van der Waals surface area contributed by atoms with Crippen LogP contribution in [0.4, 0.5) is 11.4 Å². The molecule has 0 amide bonds. The molecule has 253 valence electrons. The van der Waals surface area contributed by atoms with E-state index >= 15 is 0 Å². The van der Waals surface area contributed by atoms with Crippen LogP contribution in [-0.4, -0.2) is 90.4 Å². The molecule has 0 atom stereocenters. The van der Waals surface area contributed by atoms with Gasteiger partial charge in [-0.25, -0.2) is 8.42 Å². The van der Waals surface area contributed by atoms with Gasteiger partial charge in [0.1, 0.15) is 6.54 Å². The van der Waals surface area contributed by atoms with Crippen molar-refractivity contribution in [1.82, 2.24) is 0 Å². The fourth-order valence-corrected chi connectivity index (χ4v) is 8.43. The average molecular weight is 722 g/mol. The van der Waals surface area contributed by atoms with Crippen molar-refractivity contribution in [1.29, 1.82) is 0 Å². The van der Waals surface area contributed by atoms with E-state index in [-0.39, 0.29) is 59.0 Å². The largest absolute Gasteiger partial charge is 0.748 e. The zero-order valence-corrected chi connectivity index (χ0v) is 32.8. The summed E-state index contributed by atoms with van der Waals surface area (Å²) < 4.78 is 68.3. The molecule has 0 aromatic heterocycles. The monoisotopic (exact) mass is 721 g/mol. The van der Waals surface area contributed by atoms with Crippen LogP contribution in [0.15, 0.2) is 94.7 Å². The van der Waals surface area contributed by atoms with Crippen molar-refractivity contribution in [3.63, 3.8) is 0 Å². The molecule has 1 radical (unpaired) electrons. The molecule has 2 aromatic rings. The van der Waals surface area contributed by atoms with Crippen LogP contribution in [0.25, 0.3) is 0 Å². The van der Waals surface area contributed by atoms with Crippen LogP contribution in [-0.2, 0) is 31.1 Å². The van der Waals surface area contributed by atoms with E-state index in [0.717, 1.165) is 64.3 Å². The van der Waals surface area contributed by atoms with E-state index < -0.39 is 26.0 Å². The summed E-state index contributed by atoms with van der Waals surface area (Å²) in [6, 6.07) is 16.2. The standard InChI is InChI=1S/C36H43ClN2O6S2.Na/c1-35(2)28-14-5-7-16-30(28)38(22-10-24-46(40,41)42)32(35)20-18-26-12-9-13-27(34(26)37)19-21-33-36(3,4)29-15-6-8-17-31(29)39(33)23-11-25-47(43,44)45;/h5-8,14-21H,9-13,22-25H2,1-4H3,(H-,40,41,42,43,44,45);. The van der Waals surface area contributed by atoms with Gasteiger partial charge < -0.3 is 9.45 Å². The number of para-hydroxylation sites is 2. The molecule has 0 bridgehead atoms. The van der Waals surface area contributed by atoms with Gasteiger partial charge in [-0.1, -0.05) is 74.0 Å². The molecule has 1 N–H and O–H groups in total. The fraction of sp³-hybridized carbons (Fsp3) is 0.417. The molecule has 2 heterocycles. The van der Waals surface area contributed by atoms with E-state index in [1.54, 1.807) is 0 Å². The minimum absolute atomic E-state index is 0. The third-order valence-corrected chi connectivity index (χ3v) is 11.6. The number of benzene rings is 2. The van der Waals surface area contributed by atoms with Crippen molar-refractivity contribution in [3.05, 3.63) is 106 Å². The molecule has 12 heteroatoms. The molecule has 3 aliphatic rings. The Hall–Kier alpha value is -2.02. The van der Waals surface area contributed by atoms with Gasteiger partial charge in [-0.2, -0.15) is 13.0 Å². The summed E-state index contributed by atoms with van der Waals surface area (Å²) in [4.78, 5) is 2.14. The van der Waals surface area contributed by atoms with Gasteiger partial charge in [0.15, 0.2) is 5.71 Å². The normalized spacial score (nSPS) is 20.5. The van der Waals surface area contributed by atoms with E-state index in [1.807, 2.05) is 36.4 Å². The van der Waals surface area contributed by atoms with E-state index in [1.165, 1.54) is 0 Å². The zero-order valence-electron chi connectivity index (χ0n) is 28.4. The maximum absolute atomic E-state index is 11.4. The van der Waals surface area contributed by atoms with Gasteiger partial charge in [-0.15, -0.1) is 0 Å². The molecule has 2 aromatic carbocycles. The Morgan fingerprint density at radius 2 is 1.56 bits per heavy atom. The van der Waals surface area contributed by atoms with Gasteiger partial charge in [0.2, 0.25) is 5.69 Å². The molecule has 8 nitrogen and oxygen atoms in total. The first kappa shape index (κ1) is 38.8. The average Bonchev–Trinajstić information content (AvgIpc) is 3.33. The summed E-state index contributed by atoms with van der Waals surface area (Å²) in [7, 11) is -8.37. The summed E-state index contributed by atoms with van der Waals surface area (Å²) in [5.41, 5.74) is 7.76. The fourth-order valence-electron chi connectivity index (χ4n) is 7.14. The maximum Gasteiger partial charge on any atom is 0.264 e. The molecule has 48 heavy (non-hydrogen) atoms. The predicted molar refractivity (Wildman–Crippen MR) is 194 cm³/mol. The van der Waals surface area contributed by atoms with Crippen molar-refractivity contribution >= 4 is 78.5 Å². The van der Waals surface area contributed by atoms with Gasteiger partial charge >= 0.3 is 0 Å². The third-order valence-electron chi connectivity index (χ3n) is 9.50. The molecule has 0 spiro atoms. The Kier molecular flexibility index (Phi) is 12.2. The van der Waals surface area contributed by atoms with Crippen molar-refractivity contribution < 1.29 is 30.5 Å². The maximum atomic E-state index is 11.4. The number of halogens is 1. The predicted octanol–water partition coefficient (Wildman–Crippen LogP) is 6.74. The summed E-state index contributed by atoms with van der Waals surface area (Å²) in [5, 5.41) is 0.702. The number of hydrogen-bond donors (Lipinski definition) is 1. The number of nitrogens with zero attached hydrogens (tertiary/aromatic N) is 2. The minimum Gasteiger partial charge on any atom is -0.748 e. The number of fused-ring (bicyclic) bond motifs is 2. The van der Waals surface area contributed by atoms with Gasteiger partial charge in [0, 0.05) is 87.8 Å². The smallest absolute Gasteiger partial charge is 0.264 e. The van der Waals surface area contributed by atoms with Crippen LogP contribution in [0, 0.1) is 0 Å². The Morgan fingerprint density at radius 1 is 0.896 bits per heavy atom. The van der Waals surface area contributed by atoms with Crippen molar-refractivity contribution in [2.24, 2.45) is 0 Å². The second-order valence-electron chi connectivity index (χ2n) is 13.5. The minimum atomic E-state index is -4.31. The van der Waals surface area contributed by atoms with Gasteiger partial charge in [0.25, 0.3) is 10.1 Å². The van der Waals surface area contributed by atoms with E-state index in [2.05, 4.69) is 73.6 Å². The molecule has 0 unspecified atom stereocenters. The molecule has 2 aliphatic heterocycles.